The first kappa shape index (κ1) is 22.9. The number of hydrogen-bond donors (Lipinski definition) is 4. The summed E-state index contributed by atoms with van der Waals surface area (Å²) < 4.78 is 5.68. The molecule has 29 heavy (non-hydrogen) atoms. The molecule has 9 nitrogen and oxygen atoms in total. The van der Waals surface area contributed by atoms with E-state index in [1.807, 2.05) is 0 Å². The van der Waals surface area contributed by atoms with E-state index in [2.05, 4.69) is 19.8 Å². The molecule has 0 atom stereocenters. The van der Waals surface area contributed by atoms with Crippen molar-refractivity contribution in [3.8, 4) is 5.88 Å². The third-order valence-electron chi connectivity index (χ3n) is 5.06. The lowest BCUT2D eigenvalue weighted by atomic mass is 10.2. The smallest absolute Gasteiger partial charge is 0.213 e. The fourth-order valence-electron chi connectivity index (χ4n) is 3.34. The molecule has 0 saturated carbocycles. The van der Waals surface area contributed by atoms with Gasteiger partial charge >= 0.3 is 0 Å². The van der Waals surface area contributed by atoms with Gasteiger partial charge in [0.05, 0.1) is 6.61 Å². The van der Waals surface area contributed by atoms with Gasteiger partial charge in [-0.3, -0.25) is 10.4 Å². The third-order valence-corrected chi connectivity index (χ3v) is 5.06. The van der Waals surface area contributed by atoms with Crippen LogP contribution in [0.5, 0.6) is 5.88 Å². The number of nitrogens with zero attached hydrogens (tertiary/aromatic N) is 4. The number of rotatable bonds is 13. The Balaban J connectivity index is 1.47. The van der Waals surface area contributed by atoms with Crippen molar-refractivity contribution in [1.29, 1.82) is 5.41 Å². The molecule has 2 rings (SSSR count). The molecule has 0 spiro atoms. The largest absolute Gasteiger partial charge is 0.478 e. The second kappa shape index (κ2) is 12.9. The molecule has 0 amide bonds. The molecule has 0 unspecified atom stereocenters. The van der Waals surface area contributed by atoms with E-state index in [0.717, 1.165) is 52.1 Å². The number of aromatic nitrogens is 1. The van der Waals surface area contributed by atoms with E-state index in [-0.39, 0.29) is 11.8 Å². The standard InChI is InChI=1S/C20H36N8O/c21-19(22)17-6-7-18(26-16-17)29-15-5-10-28-13-11-27(12-14-28)9-4-2-1-3-8-25-20(23)24/h6-7,16H,1-5,8-15H2,(H3,21,22)(H4,23,24,25). The van der Waals surface area contributed by atoms with E-state index in [0.29, 0.717) is 18.1 Å². The lowest BCUT2D eigenvalue weighted by Crippen LogP contribution is -2.46. The minimum absolute atomic E-state index is 0.0195. The van der Waals surface area contributed by atoms with E-state index in [1.54, 1.807) is 18.3 Å². The second-order valence-electron chi connectivity index (χ2n) is 7.40. The van der Waals surface area contributed by atoms with Crippen LogP contribution in [0.3, 0.4) is 0 Å². The fourth-order valence-corrected chi connectivity index (χ4v) is 3.34. The predicted octanol–water partition coefficient (Wildman–Crippen LogP) is 0.586. The first-order valence-electron chi connectivity index (χ1n) is 10.5. The van der Waals surface area contributed by atoms with Crippen LogP contribution in [0.4, 0.5) is 0 Å². The van der Waals surface area contributed by atoms with Crippen molar-refractivity contribution in [2.45, 2.75) is 32.1 Å². The van der Waals surface area contributed by atoms with Crippen LogP contribution < -0.4 is 21.9 Å². The topological polar surface area (TPSA) is 143 Å². The number of amidine groups is 1. The molecule has 1 aromatic rings. The molecule has 162 valence electrons. The Hall–Kier alpha value is -2.39. The highest BCUT2D eigenvalue weighted by Gasteiger charge is 2.15. The van der Waals surface area contributed by atoms with Crippen LogP contribution in [0, 0.1) is 5.41 Å². The molecule has 1 aliphatic heterocycles. The van der Waals surface area contributed by atoms with Crippen LogP contribution in [-0.4, -0.2) is 79.0 Å². The van der Waals surface area contributed by atoms with Crippen molar-refractivity contribution in [2.24, 2.45) is 22.2 Å². The number of guanidine groups is 1. The minimum atomic E-state index is 0.0195. The molecule has 0 bridgehead atoms. The maximum atomic E-state index is 7.36. The average molecular weight is 405 g/mol. The molecule has 2 heterocycles. The summed E-state index contributed by atoms with van der Waals surface area (Å²) >= 11 is 0. The maximum Gasteiger partial charge on any atom is 0.213 e. The van der Waals surface area contributed by atoms with Crippen LogP contribution in [0.1, 0.15) is 37.7 Å². The van der Waals surface area contributed by atoms with E-state index in [9.17, 15) is 0 Å². The van der Waals surface area contributed by atoms with Gasteiger partial charge in [-0.15, -0.1) is 0 Å². The zero-order chi connectivity index (χ0) is 20.9. The molecule has 0 radical (unpaired) electrons. The summed E-state index contributed by atoms with van der Waals surface area (Å²) in [4.78, 5) is 13.2. The van der Waals surface area contributed by atoms with E-state index >= 15 is 0 Å². The molecule has 0 aromatic carbocycles. The van der Waals surface area contributed by atoms with Gasteiger partial charge in [0.25, 0.3) is 0 Å². The molecule has 1 aromatic heterocycles. The van der Waals surface area contributed by atoms with Gasteiger partial charge < -0.3 is 31.7 Å². The first-order chi connectivity index (χ1) is 14.0. The number of aliphatic imine (C=N–C) groups is 1. The Morgan fingerprint density at radius 3 is 2.21 bits per heavy atom. The number of unbranched alkanes of at least 4 members (excludes halogenated alkanes) is 3. The Bertz CT molecular complexity index is 622. The Morgan fingerprint density at radius 1 is 0.966 bits per heavy atom. The zero-order valence-corrected chi connectivity index (χ0v) is 17.4. The maximum absolute atomic E-state index is 7.36. The van der Waals surface area contributed by atoms with E-state index in [1.165, 1.54) is 25.8 Å². The van der Waals surface area contributed by atoms with Crippen LogP contribution in [0.2, 0.25) is 0 Å². The lowest BCUT2D eigenvalue weighted by Gasteiger charge is -2.34. The van der Waals surface area contributed by atoms with Gasteiger partial charge in [-0.25, -0.2) is 4.98 Å². The van der Waals surface area contributed by atoms with Crippen molar-refractivity contribution in [3.63, 3.8) is 0 Å². The van der Waals surface area contributed by atoms with Gasteiger partial charge in [0.2, 0.25) is 5.88 Å². The minimum Gasteiger partial charge on any atom is -0.478 e. The van der Waals surface area contributed by atoms with Crippen molar-refractivity contribution >= 4 is 11.8 Å². The van der Waals surface area contributed by atoms with Crippen LogP contribution in [-0.2, 0) is 0 Å². The molecule has 1 saturated heterocycles. The van der Waals surface area contributed by atoms with Crippen molar-refractivity contribution < 1.29 is 4.74 Å². The summed E-state index contributed by atoms with van der Waals surface area (Å²) in [6.07, 6.45) is 7.27. The summed E-state index contributed by atoms with van der Waals surface area (Å²) in [5.74, 6) is 0.790. The molecular formula is C20H36N8O. The molecule has 9 heteroatoms. The van der Waals surface area contributed by atoms with Crippen molar-refractivity contribution in [1.82, 2.24) is 14.8 Å². The zero-order valence-electron chi connectivity index (χ0n) is 17.4. The highest BCUT2D eigenvalue weighted by molar-refractivity contribution is 5.94. The number of nitrogen functional groups attached to an aromatic ring is 1. The van der Waals surface area contributed by atoms with Gasteiger partial charge in [0.1, 0.15) is 5.84 Å². The van der Waals surface area contributed by atoms with E-state index in [4.69, 9.17) is 27.3 Å². The quantitative estimate of drug-likeness (QED) is 0.214. The first-order valence-corrected chi connectivity index (χ1v) is 10.5. The molecule has 0 aliphatic carbocycles. The van der Waals surface area contributed by atoms with Gasteiger partial charge in [0.15, 0.2) is 5.96 Å². The third kappa shape index (κ3) is 9.58. The highest BCUT2D eigenvalue weighted by Crippen LogP contribution is 2.09. The molecular weight excluding hydrogens is 368 g/mol. The van der Waals surface area contributed by atoms with Gasteiger partial charge in [-0.2, -0.15) is 0 Å². The average Bonchev–Trinajstić information content (AvgIpc) is 2.71. The van der Waals surface area contributed by atoms with Crippen LogP contribution in [0.25, 0.3) is 0 Å². The number of nitrogens with one attached hydrogen (secondary N) is 1. The van der Waals surface area contributed by atoms with Crippen molar-refractivity contribution in [3.05, 3.63) is 23.9 Å². The fraction of sp³-hybridized carbons (Fsp3) is 0.650. The number of pyridine rings is 1. The normalized spacial score (nSPS) is 15.2. The van der Waals surface area contributed by atoms with Crippen molar-refractivity contribution in [2.75, 3.05) is 52.4 Å². The molecule has 1 aliphatic rings. The lowest BCUT2D eigenvalue weighted by molar-refractivity contribution is 0.124. The number of nitrogens with two attached hydrogens (primary N) is 3. The number of hydrogen-bond acceptors (Lipinski definition) is 6. The van der Waals surface area contributed by atoms with Gasteiger partial charge in [-0.05, 0) is 31.9 Å². The molecule has 7 N–H and O–H groups in total. The number of piperazine rings is 1. The highest BCUT2D eigenvalue weighted by atomic mass is 16.5. The Kier molecular flexibility index (Phi) is 10.2. The monoisotopic (exact) mass is 404 g/mol. The summed E-state index contributed by atoms with van der Waals surface area (Å²) in [6, 6.07) is 3.52. The van der Waals surface area contributed by atoms with Gasteiger partial charge in [-0.1, -0.05) is 12.8 Å². The second-order valence-corrected chi connectivity index (χ2v) is 7.40. The van der Waals surface area contributed by atoms with Crippen LogP contribution in [0.15, 0.2) is 23.3 Å². The summed E-state index contributed by atoms with van der Waals surface area (Å²) in [5, 5.41) is 7.36. The SMILES string of the molecule is N=C(N)c1ccc(OCCCN2CCN(CCCCCCN=C(N)N)CC2)nc1. The Labute approximate surface area is 173 Å². The van der Waals surface area contributed by atoms with Gasteiger partial charge in [0, 0.05) is 57.1 Å². The molecule has 1 fully saturated rings. The van der Waals surface area contributed by atoms with Crippen LogP contribution >= 0.6 is 0 Å². The van der Waals surface area contributed by atoms with E-state index < -0.39 is 0 Å². The summed E-state index contributed by atoms with van der Waals surface area (Å²) in [6.45, 7) is 8.14. The predicted molar refractivity (Wildman–Crippen MR) is 117 cm³/mol. The summed E-state index contributed by atoms with van der Waals surface area (Å²) in [7, 11) is 0. The number of ether oxygens (including phenoxy) is 1. The summed E-state index contributed by atoms with van der Waals surface area (Å²) in [5.41, 5.74) is 16.7. The Morgan fingerprint density at radius 2 is 1.62 bits per heavy atom.